The predicted octanol–water partition coefficient (Wildman–Crippen LogP) is 2.27. The normalized spacial score (nSPS) is 13.2. The predicted molar refractivity (Wildman–Crippen MR) is 89.0 cm³/mol. The van der Waals surface area contributed by atoms with E-state index in [0.717, 1.165) is 4.90 Å². The zero-order chi connectivity index (χ0) is 16.6. The highest BCUT2D eigenvalue weighted by Crippen LogP contribution is 2.25. The van der Waals surface area contributed by atoms with E-state index in [1.807, 2.05) is 0 Å². The van der Waals surface area contributed by atoms with Crippen LogP contribution in [0.2, 0.25) is 0 Å². The van der Waals surface area contributed by atoms with Crippen molar-refractivity contribution in [3.63, 3.8) is 0 Å². The number of benzene rings is 2. The first-order chi connectivity index (χ1) is 11.0. The maximum atomic E-state index is 12.2. The summed E-state index contributed by atoms with van der Waals surface area (Å²) in [5, 5.41) is 2.64. The number of amides is 3. The van der Waals surface area contributed by atoms with Gasteiger partial charge >= 0.3 is 0 Å². The average Bonchev–Trinajstić information content (AvgIpc) is 2.76. The van der Waals surface area contributed by atoms with Crippen LogP contribution in [0.25, 0.3) is 0 Å². The average molecular weight is 374 g/mol. The molecule has 0 atom stereocenters. The Morgan fingerprint density at radius 1 is 1.09 bits per heavy atom. The number of fused-ring (bicyclic) bond motifs is 1. The molecule has 2 aromatic carbocycles. The number of nitrogens with zero attached hydrogens (tertiary/aromatic N) is 1. The summed E-state index contributed by atoms with van der Waals surface area (Å²) in [6.07, 6.45) is 0. The molecule has 23 heavy (non-hydrogen) atoms. The topological polar surface area (TPSA) is 92.5 Å². The highest BCUT2D eigenvalue weighted by atomic mass is 79.9. The Labute approximate surface area is 140 Å². The number of hydrogen-bond acceptors (Lipinski definition) is 4. The van der Waals surface area contributed by atoms with E-state index in [2.05, 4.69) is 21.2 Å². The Bertz CT molecular complexity index is 800. The lowest BCUT2D eigenvalue weighted by Crippen LogP contribution is -2.37. The van der Waals surface area contributed by atoms with Crippen LogP contribution in [0.1, 0.15) is 20.7 Å². The molecule has 0 saturated heterocycles. The number of imide groups is 1. The molecular weight excluding hydrogens is 362 g/mol. The van der Waals surface area contributed by atoms with Crippen molar-refractivity contribution in [3.8, 4) is 0 Å². The number of halogens is 1. The van der Waals surface area contributed by atoms with Crippen molar-refractivity contribution in [2.24, 2.45) is 0 Å². The van der Waals surface area contributed by atoms with E-state index >= 15 is 0 Å². The monoisotopic (exact) mass is 373 g/mol. The van der Waals surface area contributed by atoms with E-state index in [0.29, 0.717) is 27.0 Å². The second-order valence-corrected chi connectivity index (χ2v) is 5.88. The van der Waals surface area contributed by atoms with Crippen LogP contribution in [0.3, 0.4) is 0 Å². The summed E-state index contributed by atoms with van der Waals surface area (Å²) in [6, 6.07) is 11.4. The quantitative estimate of drug-likeness (QED) is 0.637. The van der Waals surface area contributed by atoms with Crippen molar-refractivity contribution in [1.29, 1.82) is 0 Å². The third kappa shape index (κ3) is 2.83. The molecule has 7 heteroatoms. The van der Waals surface area contributed by atoms with Crippen molar-refractivity contribution < 1.29 is 14.4 Å². The molecule has 6 nitrogen and oxygen atoms in total. The standard InChI is InChI=1S/C16H12BrN3O3/c17-12-7-9(18)5-6-13(12)19-14(21)8-20-15(22)10-3-1-2-4-11(10)16(20)23/h1-7H,8,18H2,(H,19,21). The van der Waals surface area contributed by atoms with E-state index in [-0.39, 0.29) is 6.54 Å². The van der Waals surface area contributed by atoms with Gasteiger partial charge in [-0.3, -0.25) is 19.3 Å². The van der Waals surface area contributed by atoms with Crippen LogP contribution in [0.15, 0.2) is 46.9 Å². The van der Waals surface area contributed by atoms with Crippen LogP contribution in [-0.2, 0) is 4.79 Å². The fraction of sp³-hybridized carbons (Fsp3) is 0.0625. The fourth-order valence-corrected chi connectivity index (χ4v) is 2.84. The molecule has 1 heterocycles. The zero-order valence-corrected chi connectivity index (χ0v) is 13.5. The first kappa shape index (κ1) is 15.2. The van der Waals surface area contributed by atoms with E-state index in [1.54, 1.807) is 42.5 Å². The number of rotatable bonds is 3. The van der Waals surface area contributed by atoms with Crippen molar-refractivity contribution in [1.82, 2.24) is 4.90 Å². The van der Waals surface area contributed by atoms with E-state index in [9.17, 15) is 14.4 Å². The third-order valence-corrected chi connectivity index (χ3v) is 4.10. The van der Waals surface area contributed by atoms with Crippen molar-refractivity contribution in [2.45, 2.75) is 0 Å². The van der Waals surface area contributed by atoms with Crippen LogP contribution in [-0.4, -0.2) is 29.2 Å². The summed E-state index contributed by atoms with van der Waals surface area (Å²) < 4.78 is 0.619. The summed E-state index contributed by atoms with van der Waals surface area (Å²) >= 11 is 3.29. The molecule has 2 aromatic rings. The Morgan fingerprint density at radius 3 is 2.26 bits per heavy atom. The van der Waals surface area contributed by atoms with Crippen LogP contribution in [0.4, 0.5) is 11.4 Å². The van der Waals surface area contributed by atoms with Gasteiger partial charge in [-0.2, -0.15) is 0 Å². The summed E-state index contributed by atoms with van der Waals surface area (Å²) in [5.41, 5.74) is 7.34. The maximum Gasteiger partial charge on any atom is 0.262 e. The van der Waals surface area contributed by atoms with Crippen molar-refractivity contribution in [2.75, 3.05) is 17.6 Å². The lowest BCUT2D eigenvalue weighted by molar-refractivity contribution is -0.116. The number of carbonyl (C=O) groups excluding carboxylic acids is 3. The highest BCUT2D eigenvalue weighted by Gasteiger charge is 2.36. The minimum Gasteiger partial charge on any atom is -0.399 e. The molecular formula is C16H12BrN3O3. The van der Waals surface area contributed by atoms with Gasteiger partial charge < -0.3 is 11.1 Å². The summed E-state index contributed by atoms with van der Waals surface area (Å²) in [5.74, 6) is -1.39. The van der Waals surface area contributed by atoms with Crippen LogP contribution >= 0.6 is 15.9 Å². The molecule has 0 aromatic heterocycles. The SMILES string of the molecule is Nc1ccc(NC(=O)CN2C(=O)c3ccccc3C2=O)c(Br)c1. The number of nitrogen functional groups attached to an aromatic ring is 1. The largest absolute Gasteiger partial charge is 0.399 e. The molecule has 0 aliphatic carbocycles. The van der Waals surface area contributed by atoms with Gasteiger partial charge in [0.2, 0.25) is 5.91 Å². The molecule has 0 spiro atoms. The van der Waals surface area contributed by atoms with Gasteiger partial charge in [0.25, 0.3) is 11.8 Å². The van der Waals surface area contributed by atoms with Crippen LogP contribution in [0.5, 0.6) is 0 Å². The van der Waals surface area contributed by atoms with Gasteiger partial charge in [0.05, 0.1) is 16.8 Å². The molecule has 0 bridgehead atoms. The Balaban J connectivity index is 1.74. The number of hydrogen-bond donors (Lipinski definition) is 2. The van der Waals surface area contributed by atoms with E-state index in [4.69, 9.17) is 5.73 Å². The second-order valence-electron chi connectivity index (χ2n) is 5.03. The van der Waals surface area contributed by atoms with Gasteiger partial charge in [-0.25, -0.2) is 0 Å². The first-order valence-electron chi connectivity index (χ1n) is 6.77. The number of nitrogens with two attached hydrogens (primary N) is 1. The van der Waals surface area contributed by atoms with Gasteiger partial charge in [-0.05, 0) is 46.3 Å². The lowest BCUT2D eigenvalue weighted by Gasteiger charge is -2.14. The second kappa shape index (κ2) is 5.85. The van der Waals surface area contributed by atoms with Gasteiger partial charge in [-0.15, -0.1) is 0 Å². The minimum atomic E-state index is -0.468. The summed E-state index contributed by atoms with van der Waals surface area (Å²) in [4.78, 5) is 37.5. The molecule has 3 N–H and O–H groups in total. The van der Waals surface area contributed by atoms with Gasteiger partial charge in [0, 0.05) is 10.2 Å². The Kier molecular flexibility index (Phi) is 3.87. The van der Waals surface area contributed by atoms with E-state index < -0.39 is 17.7 Å². The fourth-order valence-electron chi connectivity index (χ4n) is 2.35. The number of nitrogens with one attached hydrogen (secondary N) is 1. The number of anilines is 2. The Hall–Kier alpha value is -2.67. The number of carbonyl (C=O) groups is 3. The minimum absolute atomic E-state index is 0.318. The smallest absolute Gasteiger partial charge is 0.262 e. The lowest BCUT2D eigenvalue weighted by atomic mass is 10.1. The maximum absolute atomic E-state index is 12.2. The van der Waals surface area contributed by atoms with Crippen LogP contribution in [0, 0.1) is 0 Å². The molecule has 1 aliphatic rings. The van der Waals surface area contributed by atoms with E-state index in [1.165, 1.54) is 0 Å². The van der Waals surface area contributed by atoms with Crippen molar-refractivity contribution >= 4 is 45.0 Å². The molecule has 1 aliphatic heterocycles. The van der Waals surface area contributed by atoms with Crippen LogP contribution < -0.4 is 11.1 Å². The van der Waals surface area contributed by atoms with Crippen molar-refractivity contribution in [3.05, 3.63) is 58.1 Å². The van der Waals surface area contributed by atoms with Gasteiger partial charge in [0.15, 0.2) is 0 Å². The molecule has 3 amide bonds. The molecule has 0 radical (unpaired) electrons. The molecule has 0 unspecified atom stereocenters. The third-order valence-electron chi connectivity index (χ3n) is 3.45. The summed E-state index contributed by atoms with van der Waals surface area (Å²) in [7, 11) is 0. The van der Waals surface area contributed by atoms with Gasteiger partial charge in [0.1, 0.15) is 6.54 Å². The molecule has 3 rings (SSSR count). The Morgan fingerprint density at radius 2 is 1.70 bits per heavy atom. The highest BCUT2D eigenvalue weighted by molar-refractivity contribution is 9.10. The van der Waals surface area contributed by atoms with Gasteiger partial charge in [-0.1, -0.05) is 12.1 Å². The first-order valence-corrected chi connectivity index (χ1v) is 7.57. The molecule has 116 valence electrons. The molecule has 0 saturated carbocycles. The summed E-state index contributed by atoms with van der Waals surface area (Å²) in [6.45, 7) is -0.344. The zero-order valence-electron chi connectivity index (χ0n) is 11.9. The molecule has 0 fully saturated rings.